The van der Waals surface area contributed by atoms with Gasteiger partial charge in [0.1, 0.15) is 5.75 Å². The van der Waals surface area contributed by atoms with Gasteiger partial charge in [0.05, 0.1) is 12.3 Å². The normalized spacial score (nSPS) is 11.9. The highest BCUT2D eigenvalue weighted by Gasteiger charge is 1.99. The fourth-order valence-electron chi connectivity index (χ4n) is 1.81. The largest absolute Gasteiger partial charge is 0.494 e. The van der Waals surface area contributed by atoms with Crippen LogP contribution in [-0.4, -0.2) is 17.5 Å². The lowest BCUT2D eigenvalue weighted by atomic mass is 10.1. The van der Waals surface area contributed by atoms with E-state index in [1.54, 1.807) is 0 Å². The van der Waals surface area contributed by atoms with E-state index in [4.69, 9.17) is 9.94 Å². The first-order valence-corrected chi connectivity index (χ1v) is 7.01. The lowest BCUT2D eigenvalue weighted by Gasteiger charge is -2.08. The first kappa shape index (κ1) is 15.5. The average molecular weight is 263 g/mol. The molecule has 0 aromatic heterocycles. The number of hydrogen-bond donors (Lipinski definition) is 1. The van der Waals surface area contributed by atoms with E-state index in [0.717, 1.165) is 43.2 Å². The van der Waals surface area contributed by atoms with Crippen LogP contribution in [0.1, 0.15) is 45.6 Å². The topological polar surface area (TPSA) is 41.8 Å². The quantitative estimate of drug-likeness (QED) is 0.329. The fourth-order valence-corrected chi connectivity index (χ4v) is 1.81. The molecule has 0 spiro atoms. The summed E-state index contributed by atoms with van der Waals surface area (Å²) in [4.78, 5) is 0. The highest BCUT2D eigenvalue weighted by molar-refractivity contribution is 5.81. The first-order valence-electron chi connectivity index (χ1n) is 7.01. The molecule has 1 N–H and O–H groups in total. The van der Waals surface area contributed by atoms with Crippen molar-refractivity contribution in [2.45, 2.75) is 46.5 Å². The molecule has 106 valence electrons. The van der Waals surface area contributed by atoms with Gasteiger partial charge < -0.3 is 9.94 Å². The van der Waals surface area contributed by atoms with Crippen molar-refractivity contribution in [2.24, 2.45) is 11.1 Å². The molecule has 0 aliphatic heterocycles. The van der Waals surface area contributed by atoms with Crippen LogP contribution < -0.4 is 4.74 Å². The van der Waals surface area contributed by atoms with Crippen molar-refractivity contribution in [3.05, 3.63) is 29.8 Å². The van der Waals surface area contributed by atoms with E-state index in [1.807, 2.05) is 19.1 Å². The van der Waals surface area contributed by atoms with Gasteiger partial charge >= 0.3 is 0 Å². The van der Waals surface area contributed by atoms with Gasteiger partial charge in [-0.25, -0.2) is 0 Å². The monoisotopic (exact) mass is 263 g/mol. The Morgan fingerprint density at radius 3 is 2.53 bits per heavy atom. The molecule has 1 rings (SSSR count). The van der Waals surface area contributed by atoms with Gasteiger partial charge in [-0.15, -0.1) is 0 Å². The Labute approximate surface area is 116 Å². The maximum atomic E-state index is 8.58. The second-order valence-electron chi connectivity index (χ2n) is 5.36. The van der Waals surface area contributed by atoms with Crippen LogP contribution in [-0.2, 0) is 6.42 Å². The van der Waals surface area contributed by atoms with Crippen LogP contribution in [0, 0.1) is 5.92 Å². The Bertz CT molecular complexity index is 382. The number of oxime groups is 1. The second kappa shape index (κ2) is 8.57. The highest BCUT2D eigenvalue weighted by Crippen LogP contribution is 2.14. The lowest BCUT2D eigenvalue weighted by Crippen LogP contribution is -2.00. The van der Waals surface area contributed by atoms with Crippen molar-refractivity contribution in [1.82, 2.24) is 0 Å². The molecule has 0 saturated carbocycles. The van der Waals surface area contributed by atoms with Gasteiger partial charge in [-0.05, 0) is 56.2 Å². The van der Waals surface area contributed by atoms with Gasteiger partial charge in [0.25, 0.3) is 0 Å². The summed E-state index contributed by atoms with van der Waals surface area (Å²) in [5, 5.41) is 11.8. The summed E-state index contributed by atoms with van der Waals surface area (Å²) in [6.07, 6.45) is 3.98. The minimum atomic E-state index is 0.738. The van der Waals surface area contributed by atoms with Gasteiger partial charge in [0.2, 0.25) is 0 Å². The van der Waals surface area contributed by atoms with Crippen molar-refractivity contribution in [3.8, 4) is 5.75 Å². The Balaban J connectivity index is 2.31. The minimum Gasteiger partial charge on any atom is -0.494 e. The molecule has 0 amide bonds. The maximum absolute atomic E-state index is 8.58. The minimum absolute atomic E-state index is 0.738. The smallest absolute Gasteiger partial charge is 0.119 e. The molecular weight excluding hydrogens is 238 g/mol. The molecule has 0 radical (unpaired) electrons. The van der Waals surface area contributed by atoms with Crippen LogP contribution in [0.25, 0.3) is 0 Å². The van der Waals surface area contributed by atoms with Crippen molar-refractivity contribution in [3.63, 3.8) is 0 Å². The van der Waals surface area contributed by atoms with Crippen molar-refractivity contribution < 1.29 is 9.94 Å². The summed E-state index contributed by atoms with van der Waals surface area (Å²) in [6, 6.07) is 8.16. The SMILES string of the molecule is C/C(CCc1ccc(OCCCC(C)C)cc1)=N\O. The molecule has 0 unspecified atom stereocenters. The summed E-state index contributed by atoms with van der Waals surface area (Å²) in [5.41, 5.74) is 1.99. The molecular formula is C16H25NO2. The van der Waals surface area contributed by atoms with Gasteiger partial charge in [0, 0.05) is 0 Å². The molecule has 3 heteroatoms. The summed E-state index contributed by atoms with van der Waals surface area (Å²) in [5.74, 6) is 1.67. The number of benzene rings is 1. The molecule has 1 aromatic carbocycles. The van der Waals surface area contributed by atoms with Gasteiger partial charge in [-0.3, -0.25) is 0 Å². The summed E-state index contributed by atoms with van der Waals surface area (Å²) < 4.78 is 5.69. The van der Waals surface area contributed by atoms with Crippen LogP contribution in [0.3, 0.4) is 0 Å². The number of ether oxygens (including phenoxy) is 1. The average Bonchev–Trinajstić information content (AvgIpc) is 2.42. The Kier molecular flexibility index (Phi) is 7.01. The van der Waals surface area contributed by atoms with Gasteiger partial charge in [-0.2, -0.15) is 0 Å². The van der Waals surface area contributed by atoms with E-state index in [2.05, 4.69) is 31.1 Å². The van der Waals surface area contributed by atoms with Gasteiger partial charge in [-0.1, -0.05) is 31.1 Å². The summed E-state index contributed by atoms with van der Waals surface area (Å²) in [7, 11) is 0. The first-order chi connectivity index (χ1) is 9.11. The molecule has 3 nitrogen and oxygen atoms in total. The number of aryl methyl sites for hydroxylation is 1. The van der Waals surface area contributed by atoms with Crippen molar-refractivity contribution >= 4 is 5.71 Å². The Hall–Kier alpha value is -1.51. The Morgan fingerprint density at radius 2 is 1.95 bits per heavy atom. The molecule has 0 saturated heterocycles. The summed E-state index contributed by atoms with van der Waals surface area (Å²) in [6.45, 7) is 7.07. The van der Waals surface area contributed by atoms with Crippen molar-refractivity contribution in [2.75, 3.05) is 6.61 Å². The molecule has 0 aliphatic rings. The van der Waals surface area contributed by atoms with Crippen LogP contribution >= 0.6 is 0 Å². The molecule has 0 aliphatic carbocycles. The number of hydrogen-bond acceptors (Lipinski definition) is 3. The molecule has 1 aromatic rings. The standard InChI is InChI=1S/C16H25NO2/c1-13(2)5-4-12-19-16-10-8-15(9-11-16)7-6-14(3)17-18/h8-11,13,18H,4-7,12H2,1-3H3/b17-14+. The van der Waals surface area contributed by atoms with Crippen LogP contribution in [0.2, 0.25) is 0 Å². The zero-order valence-electron chi connectivity index (χ0n) is 12.2. The third kappa shape index (κ3) is 6.85. The zero-order valence-corrected chi connectivity index (χ0v) is 12.2. The predicted octanol–water partition coefficient (Wildman–Crippen LogP) is 4.28. The third-order valence-corrected chi connectivity index (χ3v) is 3.06. The van der Waals surface area contributed by atoms with Crippen LogP contribution in [0.4, 0.5) is 0 Å². The molecule has 19 heavy (non-hydrogen) atoms. The van der Waals surface area contributed by atoms with E-state index in [9.17, 15) is 0 Å². The van der Waals surface area contributed by atoms with E-state index in [0.29, 0.717) is 0 Å². The van der Waals surface area contributed by atoms with E-state index < -0.39 is 0 Å². The van der Waals surface area contributed by atoms with E-state index in [-0.39, 0.29) is 0 Å². The van der Waals surface area contributed by atoms with E-state index in [1.165, 1.54) is 12.0 Å². The third-order valence-electron chi connectivity index (χ3n) is 3.06. The summed E-state index contributed by atoms with van der Waals surface area (Å²) >= 11 is 0. The Morgan fingerprint density at radius 1 is 1.26 bits per heavy atom. The molecule has 0 atom stereocenters. The second-order valence-corrected chi connectivity index (χ2v) is 5.36. The highest BCUT2D eigenvalue weighted by atomic mass is 16.5. The van der Waals surface area contributed by atoms with E-state index >= 15 is 0 Å². The van der Waals surface area contributed by atoms with Gasteiger partial charge in [0.15, 0.2) is 0 Å². The van der Waals surface area contributed by atoms with Crippen LogP contribution in [0.5, 0.6) is 5.75 Å². The fraction of sp³-hybridized carbons (Fsp3) is 0.562. The predicted molar refractivity (Wildman–Crippen MR) is 79.2 cm³/mol. The molecule has 0 heterocycles. The number of nitrogens with zero attached hydrogens (tertiary/aromatic N) is 1. The van der Waals surface area contributed by atoms with Crippen molar-refractivity contribution in [1.29, 1.82) is 0 Å². The lowest BCUT2D eigenvalue weighted by molar-refractivity contribution is 0.297. The number of rotatable bonds is 8. The zero-order chi connectivity index (χ0) is 14.1. The maximum Gasteiger partial charge on any atom is 0.119 e. The molecule has 0 bridgehead atoms. The van der Waals surface area contributed by atoms with Crippen LogP contribution in [0.15, 0.2) is 29.4 Å². The molecule has 0 fully saturated rings.